The van der Waals surface area contributed by atoms with E-state index in [0.29, 0.717) is 12.0 Å². The summed E-state index contributed by atoms with van der Waals surface area (Å²) in [4.78, 5) is 11.2. The Morgan fingerprint density at radius 1 is 1.56 bits per heavy atom. The van der Waals surface area contributed by atoms with E-state index in [4.69, 9.17) is 10.5 Å². The van der Waals surface area contributed by atoms with Gasteiger partial charge in [-0.2, -0.15) is 0 Å². The fourth-order valence-corrected chi connectivity index (χ4v) is 2.25. The third-order valence-electron chi connectivity index (χ3n) is 3.19. The van der Waals surface area contributed by atoms with Crippen molar-refractivity contribution in [3.63, 3.8) is 0 Å². The number of benzene rings is 1. The monoisotopic (exact) mass is 221 g/mol. The number of fused-ring (bicyclic) bond motifs is 1. The molecule has 4 heteroatoms. The van der Waals surface area contributed by atoms with Crippen molar-refractivity contribution in [2.24, 2.45) is 5.73 Å². The maximum Gasteiger partial charge on any atom is 0.328 e. The Morgan fingerprint density at radius 3 is 2.94 bits per heavy atom. The molecule has 0 saturated heterocycles. The van der Waals surface area contributed by atoms with Crippen molar-refractivity contribution in [2.75, 3.05) is 7.11 Å². The molecule has 0 heterocycles. The second-order valence-corrected chi connectivity index (χ2v) is 4.15. The molecule has 1 unspecified atom stereocenters. The number of nitrogens with two attached hydrogens (primary N) is 1. The van der Waals surface area contributed by atoms with E-state index >= 15 is 0 Å². The van der Waals surface area contributed by atoms with Gasteiger partial charge < -0.3 is 15.6 Å². The van der Waals surface area contributed by atoms with Gasteiger partial charge >= 0.3 is 5.97 Å². The fourth-order valence-electron chi connectivity index (χ4n) is 2.25. The lowest BCUT2D eigenvalue weighted by atomic mass is 9.77. The van der Waals surface area contributed by atoms with Gasteiger partial charge in [-0.1, -0.05) is 6.07 Å². The van der Waals surface area contributed by atoms with E-state index < -0.39 is 11.5 Å². The van der Waals surface area contributed by atoms with Crippen molar-refractivity contribution in [3.05, 3.63) is 29.3 Å². The van der Waals surface area contributed by atoms with Gasteiger partial charge in [0.2, 0.25) is 0 Å². The Morgan fingerprint density at radius 2 is 2.31 bits per heavy atom. The smallest absolute Gasteiger partial charge is 0.328 e. The predicted molar refractivity (Wildman–Crippen MR) is 59.4 cm³/mol. The Balaban J connectivity index is 2.51. The molecular formula is C12H15NO3. The quantitative estimate of drug-likeness (QED) is 0.788. The minimum atomic E-state index is -1.24. The molecule has 16 heavy (non-hydrogen) atoms. The molecule has 1 atom stereocenters. The van der Waals surface area contributed by atoms with Crippen LogP contribution in [-0.2, 0) is 16.8 Å². The zero-order valence-electron chi connectivity index (χ0n) is 9.19. The highest BCUT2D eigenvalue weighted by Gasteiger charge is 2.39. The third kappa shape index (κ3) is 1.55. The summed E-state index contributed by atoms with van der Waals surface area (Å²) in [7, 11) is 1.59. The molecule has 3 N–H and O–H groups in total. The first-order chi connectivity index (χ1) is 7.58. The molecule has 1 aromatic rings. The first-order valence-electron chi connectivity index (χ1n) is 5.27. The molecule has 1 aliphatic rings. The molecule has 4 nitrogen and oxygen atoms in total. The van der Waals surface area contributed by atoms with Gasteiger partial charge in [-0.15, -0.1) is 0 Å². The lowest BCUT2D eigenvalue weighted by molar-refractivity contribution is -0.144. The number of carbonyl (C=O) groups is 1. The summed E-state index contributed by atoms with van der Waals surface area (Å²) in [6.45, 7) is 0. The van der Waals surface area contributed by atoms with Gasteiger partial charge in [0, 0.05) is 0 Å². The number of methoxy groups -OCH3 is 1. The summed E-state index contributed by atoms with van der Waals surface area (Å²) in [6, 6.07) is 5.40. The molecular weight excluding hydrogens is 206 g/mol. The zero-order valence-corrected chi connectivity index (χ0v) is 9.19. The third-order valence-corrected chi connectivity index (χ3v) is 3.19. The average Bonchev–Trinajstić information content (AvgIpc) is 2.28. The number of carboxylic acids is 1. The Labute approximate surface area is 94.0 Å². The zero-order chi connectivity index (χ0) is 11.8. The van der Waals surface area contributed by atoms with E-state index in [0.717, 1.165) is 24.2 Å². The summed E-state index contributed by atoms with van der Waals surface area (Å²) >= 11 is 0. The molecule has 2 rings (SSSR count). The molecule has 0 aromatic heterocycles. The summed E-state index contributed by atoms with van der Waals surface area (Å²) < 4.78 is 5.12. The normalized spacial score (nSPS) is 23.6. The summed E-state index contributed by atoms with van der Waals surface area (Å²) in [5.41, 5.74) is 6.43. The van der Waals surface area contributed by atoms with E-state index in [-0.39, 0.29) is 0 Å². The Kier molecular flexibility index (Phi) is 2.59. The van der Waals surface area contributed by atoms with Crippen LogP contribution in [0.15, 0.2) is 18.2 Å². The number of aryl methyl sites for hydroxylation is 1. The van der Waals surface area contributed by atoms with Crippen molar-refractivity contribution in [3.8, 4) is 5.75 Å². The molecule has 0 fully saturated rings. The van der Waals surface area contributed by atoms with Gasteiger partial charge in [0.25, 0.3) is 0 Å². The SMILES string of the molecule is COc1ccc2c(c1)CCCC2(N)C(=O)O. The number of ether oxygens (including phenoxy) is 1. The van der Waals surface area contributed by atoms with Gasteiger partial charge in [0.05, 0.1) is 7.11 Å². The largest absolute Gasteiger partial charge is 0.497 e. The molecule has 1 aliphatic carbocycles. The van der Waals surface area contributed by atoms with Crippen LogP contribution in [0.25, 0.3) is 0 Å². The van der Waals surface area contributed by atoms with E-state index in [9.17, 15) is 9.90 Å². The predicted octanol–water partition coefficient (Wildman–Crippen LogP) is 1.27. The summed E-state index contributed by atoms with van der Waals surface area (Å²) in [5, 5.41) is 9.21. The molecule has 0 bridgehead atoms. The highest BCUT2D eigenvalue weighted by Crippen LogP contribution is 2.35. The van der Waals surface area contributed by atoms with Gasteiger partial charge in [-0.3, -0.25) is 0 Å². The summed E-state index contributed by atoms with van der Waals surface area (Å²) in [6.07, 6.45) is 2.14. The molecule has 0 amide bonds. The maximum absolute atomic E-state index is 11.2. The van der Waals surface area contributed by atoms with E-state index in [1.165, 1.54) is 0 Å². The summed E-state index contributed by atoms with van der Waals surface area (Å²) in [5.74, 6) is -0.216. The van der Waals surface area contributed by atoms with E-state index in [1.807, 2.05) is 6.07 Å². The van der Waals surface area contributed by atoms with Crippen molar-refractivity contribution < 1.29 is 14.6 Å². The Hall–Kier alpha value is -1.55. The topological polar surface area (TPSA) is 72.5 Å². The van der Waals surface area contributed by atoms with Crippen LogP contribution >= 0.6 is 0 Å². The van der Waals surface area contributed by atoms with Crippen LogP contribution in [0.3, 0.4) is 0 Å². The molecule has 0 aliphatic heterocycles. The van der Waals surface area contributed by atoms with Crippen molar-refractivity contribution in [1.29, 1.82) is 0 Å². The lowest BCUT2D eigenvalue weighted by Crippen LogP contribution is -2.47. The van der Waals surface area contributed by atoms with Crippen molar-refractivity contribution in [2.45, 2.75) is 24.8 Å². The molecule has 86 valence electrons. The minimum Gasteiger partial charge on any atom is -0.497 e. The van der Waals surface area contributed by atoms with E-state index in [2.05, 4.69) is 0 Å². The maximum atomic E-state index is 11.2. The van der Waals surface area contributed by atoms with Crippen LogP contribution in [0.2, 0.25) is 0 Å². The highest BCUT2D eigenvalue weighted by molar-refractivity contribution is 5.81. The standard InChI is InChI=1S/C12H15NO3/c1-16-9-4-5-10-8(7-9)3-2-6-12(10,13)11(14)15/h4-5,7H,2-3,6,13H2,1H3,(H,14,15). The number of carboxylic acid groups (broad SMARTS) is 1. The first kappa shape index (κ1) is 11.0. The molecule has 1 aromatic carbocycles. The van der Waals surface area contributed by atoms with Crippen LogP contribution in [0.5, 0.6) is 5.75 Å². The van der Waals surface area contributed by atoms with Crippen LogP contribution in [0, 0.1) is 0 Å². The number of rotatable bonds is 2. The van der Waals surface area contributed by atoms with Crippen molar-refractivity contribution in [1.82, 2.24) is 0 Å². The number of hydrogen-bond donors (Lipinski definition) is 2. The number of hydrogen-bond acceptors (Lipinski definition) is 3. The average molecular weight is 221 g/mol. The molecule has 0 radical (unpaired) electrons. The van der Waals surface area contributed by atoms with Crippen LogP contribution in [0.1, 0.15) is 24.0 Å². The van der Waals surface area contributed by atoms with Gasteiger partial charge in [-0.25, -0.2) is 4.79 Å². The van der Waals surface area contributed by atoms with Crippen LogP contribution in [-0.4, -0.2) is 18.2 Å². The first-order valence-corrected chi connectivity index (χ1v) is 5.27. The minimum absolute atomic E-state index is 0.488. The highest BCUT2D eigenvalue weighted by atomic mass is 16.5. The van der Waals surface area contributed by atoms with Gasteiger partial charge in [0.15, 0.2) is 0 Å². The fraction of sp³-hybridized carbons (Fsp3) is 0.417. The van der Waals surface area contributed by atoms with Crippen LogP contribution < -0.4 is 10.5 Å². The lowest BCUT2D eigenvalue weighted by Gasteiger charge is -2.31. The van der Waals surface area contributed by atoms with Crippen LogP contribution in [0.4, 0.5) is 0 Å². The second kappa shape index (κ2) is 3.79. The van der Waals surface area contributed by atoms with Gasteiger partial charge in [0.1, 0.15) is 11.3 Å². The Bertz CT molecular complexity index is 430. The molecule has 0 spiro atoms. The molecule has 0 saturated carbocycles. The van der Waals surface area contributed by atoms with E-state index in [1.54, 1.807) is 19.2 Å². The van der Waals surface area contributed by atoms with Crippen molar-refractivity contribution >= 4 is 5.97 Å². The second-order valence-electron chi connectivity index (χ2n) is 4.15. The van der Waals surface area contributed by atoms with Gasteiger partial charge in [-0.05, 0) is 42.5 Å². The number of aliphatic carboxylic acids is 1.